The maximum Gasteiger partial charge on any atom is 0.332 e. The summed E-state index contributed by atoms with van der Waals surface area (Å²) in [4.78, 5) is 41.9. The van der Waals surface area contributed by atoms with Gasteiger partial charge in [-0.3, -0.25) is 18.7 Å². The average molecular weight is 396 g/mol. The molecule has 0 aliphatic rings. The van der Waals surface area contributed by atoms with E-state index in [0.717, 1.165) is 21.4 Å². The summed E-state index contributed by atoms with van der Waals surface area (Å²) in [6, 6.07) is 7.53. The topological polar surface area (TPSA) is 95.2 Å². The molecular formula is C21H24N4O4. The molecule has 2 aromatic heterocycles. The van der Waals surface area contributed by atoms with E-state index < -0.39 is 11.2 Å². The zero-order valence-corrected chi connectivity index (χ0v) is 17.0. The first kappa shape index (κ1) is 20.3. The number of fused-ring (bicyclic) bond motifs is 1. The molecule has 0 bridgehead atoms. The zero-order chi connectivity index (χ0) is 21.1. The number of anilines is 1. The molecule has 0 saturated heterocycles. The Hall–Kier alpha value is -3.42. The van der Waals surface area contributed by atoms with E-state index >= 15 is 0 Å². The van der Waals surface area contributed by atoms with Crippen LogP contribution in [0.5, 0.6) is 5.75 Å². The fourth-order valence-electron chi connectivity index (χ4n) is 3.23. The Morgan fingerprint density at radius 3 is 2.45 bits per heavy atom. The van der Waals surface area contributed by atoms with Crippen molar-refractivity contribution in [2.45, 2.75) is 26.2 Å². The van der Waals surface area contributed by atoms with Crippen molar-refractivity contribution in [2.75, 3.05) is 12.4 Å². The molecule has 152 valence electrons. The molecule has 0 aliphatic carbocycles. The van der Waals surface area contributed by atoms with E-state index in [1.165, 1.54) is 11.6 Å². The molecule has 0 atom stereocenters. The third-order valence-electron chi connectivity index (χ3n) is 4.99. The van der Waals surface area contributed by atoms with Crippen molar-refractivity contribution < 1.29 is 9.53 Å². The first-order valence-corrected chi connectivity index (χ1v) is 9.37. The van der Waals surface area contributed by atoms with Gasteiger partial charge in [0.05, 0.1) is 12.8 Å². The molecule has 1 amide bonds. The van der Waals surface area contributed by atoms with Gasteiger partial charge in [0, 0.05) is 26.7 Å². The molecular weight excluding hydrogens is 372 g/mol. The van der Waals surface area contributed by atoms with E-state index in [9.17, 15) is 14.4 Å². The van der Waals surface area contributed by atoms with Crippen molar-refractivity contribution in [3.63, 3.8) is 0 Å². The minimum absolute atomic E-state index is 0.209. The average Bonchev–Trinajstić information content (AvgIpc) is 2.74. The van der Waals surface area contributed by atoms with Gasteiger partial charge in [-0.15, -0.1) is 0 Å². The number of nitrogens with one attached hydrogen (secondary N) is 1. The van der Waals surface area contributed by atoms with Gasteiger partial charge in [-0.05, 0) is 36.1 Å². The number of methoxy groups -OCH3 is 1. The van der Waals surface area contributed by atoms with E-state index in [1.807, 2.05) is 31.2 Å². The number of hydrogen-bond acceptors (Lipinski definition) is 5. The van der Waals surface area contributed by atoms with Crippen LogP contribution in [0.3, 0.4) is 0 Å². The lowest BCUT2D eigenvalue weighted by Gasteiger charge is -2.15. The minimum Gasteiger partial charge on any atom is -0.497 e. The second-order valence-electron chi connectivity index (χ2n) is 6.81. The van der Waals surface area contributed by atoms with Crippen LogP contribution in [0.1, 0.15) is 24.5 Å². The fraction of sp³-hybridized carbons (Fsp3) is 0.333. The van der Waals surface area contributed by atoms with Crippen LogP contribution in [0.15, 0.2) is 40.1 Å². The molecule has 8 nitrogen and oxygen atoms in total. The highest BCUT2D eigenvalue weighted by Gasteiger charge is 2.18. The van der Waals surface area contributed by atoms with E-state index in [2.05, 4.69) is 10.3 Å². The number of rotatable bonds is 6. The van der Waals surface area contributed by atoms with Gasteiger partial charge in [-0.2, -0.15) is 0 Å². The van der Waals surface area contributed by atoms with Gasteiger partial charge in [0.25, 0.3) is 5.56 Å². The van der Waals surface area contributed by atoms with Crippen molar-refractivity contribution in [3.05, 3.63) is 62.4 Å². The van der Waals surface area contributed by atoms with Gasteiger partial charge < -0.3 is 10.1 Å². The minimum atomic E-state index is -0.476. The summed E-state index contributed by atoms with van der Waals surface area (Å²) < 4.78 is 7.47. The third kappa shape index (κ3) is 3.91. The lowest BCUT2D eigenvalue weighted by Crippen LogP contribution is -2.38. The Morgan fingerprint density at radius 2 is 1.83 bits per heavy atom. The van der Waals surface area contributed by atoms with E-state index in [1.54, 1.807) is 20.4 Å². The standard InChI is InChI=1S/C21H24N4O4/c1-5-14-12-22-19-17(20(27)25(3)21(28)24(19)2)18(14)23-16(26)11-8-13-6-9-15(29-4)10-7-13/h6-7,9-10,12H,5,8,11H2,1-4H3,(H,22,23,26). The monoisotopic (exact) mass is 396 g/mol. The van der Waals surface area contributed by atoms with Crippen LogP contribution in [0.4, 0.5) is 5.69 Å². The lowest BCUT2D eigenvalue weighted by atomic mass is 10.1. The predicted molar refractivity (Wildman–Crippen MR) is 112 cm³/mol. The third-order valence-corrected chi connectivity index (χ3v) is 4.99. The van der Waals surface area contributed by atoms with Crippen molar-refractivity contribution in [2.24, 2.45) is 14.1 Å². The summed E-state index contributed by atoms with van der Waals surface area (Å²) >= 11 is 0. The van der Waals surface area contributed by atoms with Gasteiger partial charge in [0.15, 0.2) is 5.65 Å². The summed E-state index contributed by atoms with van der Waals surface area (Å²) in [6.45, 7) is 1.92. The van der Waals surface area contributed by atoms with Crippen LogP contribution >= 0.6 is 0 Å². The number of benzene rings is 1. The van der Waals surface area contributed by atoms with Gasteiger partial charge >= 0.3 is 5.69 Å². The summed E-state index contributed by atoms with van der Waals surface area (Å²) in [6.07, 6.45) is 2.99. The Morgan fingerprint density at radius 1 is 1.14 bits per heavy atom. The second kappa shape index (κ2) is 8.30. The van der Waals surface area contributed by atoms with Crippen LogP contribution in [0.25, 0.3) is 11.0 Å². The lowest BCUT2D eigenvalue weighted by molar-refractivity contribution is -0.116. The van der Waals surface area contributed by atoms with Crippen molar-refractivity contribution in [3.8, 4) is 5.75 Å². The van der Waals surface area contributed by atoms with Crippen molar-refractivity contribution in [1.82, 2.24) is 14.1 Å². The second-order valence-corrected chi connectivity index (χ2v) is 6.81. The highest BCUT2D eigenvalue weighted by Crippen LogP contribution is 2.23. The molecule has 0 fully saturated rings. The van der Waals surface area contributed by atoms with Crippen LogP contribution in [0.2, 0.25) is 0 Å². The van der Waals surface area contributed by atoms with E-state index in [0.29, 0.717) is 18.5 Å². The normalized spacial score (nSPS) is 10.9. The van der Waals surface area contributed by atoms with Crippen LogP contribution < -0.4 is 21.3 Å². The van der Waals surface area contributed by atoms with Gasteiger partial charge in [0.2, 0.25) is 5.91 Å². The molecule has 3 aromatic rings. The summed E-state index contributed by atoms with van der Waals surface area (Å²) in [5.41, 5.74) is 1.49. The molecule has 0 radical (unpaired) electrons. The van der Waals surface area contributed by atoms with E-state index in [4.69, 9.17) is 4.74 Å². The zero-order valence-electron chi connectivity index (χ0n) is 17.0. The number of amides is 1. The smallest absolute Gasteiger partial charge is 0.332 e. The molecule has 1 aromatic carbocycles. The SMILES string of the molecule is CCc1cnc2c(c1NC(=O)CCc1ccc(OC)cc1)c(=O)n(C)c(=O)n2C. The van der Waals surface area contributed by atoms with Crippen LogP contribution in [0, 0.1) is 0 Å². The van der Waals surface area contributed by atoms with Gasteiger partial charge in [0.1, 0.15) is 11.1 Å². The maximum absolute atomic E-state index is 12.8. The number of nitrogens with zero attached hydrogens (tertiary/aromatic N) is 3. The number of carbonyl (C=O) groups excluding carboxylic acids is 1. The molecule has 1 N–H and O–H groups in total. The predicted octanol–water partition coefficient (Wildman–Crippen LogP) is 1.77. The Labute approximate surface area is 167 Å². The molecule has 0 aliphatic heterocycles. The highest BCUT2D eigenvalue weighted by atomic mass is 16.5. The molecule has 0 unspecified atom stereocenters. The highest BCUT2D eigenvalue weighted by molar-refractivity contribution is 6.01. The number of aryl methyl sites for hydroxylation is 3. The Kier molecular flexibility index (Phi) is 5.81. The molecule has 8 heteroatoms. The van der Waals surface area contributed by atoms with Crippen LogP contribution in [-0.4, -0.2) is 27.1 Å². The van der Waals surface area contributed by atoms with Crippen molar-refractivity contribution >= 4 is 22.6 Å². The fourth-order valence-corrected chi connectivity index (χ4v) is 3.23. The molecule has 29 heavy (non-hydrogen) atoms. The number of carbonyl (C=O) groups is 1. The van der Waals surface area contributed by atoms with Crippen molar-refractivity contribution in [1.29, 1.82) is 0 Å². The summed E-state index contributed by atoms with van der Waals surface area (Å²) in [5, 5.41) is 3.12. The molecule has 0 spiro atoms. The molecule has 0 saturated carbocycles. The van der Waals surface area contributed by atoms with Gasteiger partial charge in [-0.1, -0.05) is 19.1 Å². The molecule has 2 heterocycles. The number of pyridine rings is 1. The first-order chi connectivity index (χ1) is 13.9. The largest absolute Gasteiger partial charge is 0.497 e. The number of ether oxygens (including phenoxy) is 1. The number of hydrogen-bond donors (Lipinski definition) is 1. The molecule has 3 rings (SSSR count). The quantitative estimate of drug-likeness (QED) is 0.685. The van der Waals surface area contributed by atoms with Gasteiger partial charge in [-0.25, -0.2) is 9.78 Å². The van der Waals surface area contributed by atoms with Crippen LogP contribution in [-0.2, 0) is 31.7 Å². The summed E-state index contributed by atoms with van der Waals surface area (Å²) in [5.74, 6) is 0.550. The Balaban J connectivity index is 1.92. The summed E-state index contributed by atoms with van der Waals surface area (Å²) in [7, 11) is 4.57. The van der Waals surface area contributed by atoms with E-state index in [-0.39, 0.29) is 23.4 Å². The first-order valence-electron chi connectivity index (χ1n) is 9.37. The maximum atomic E-state index is 12.8. The number of aromatic nitrogens is 3. The Bertz CT molecular complexity index is 1180.